The molecule has 16 heavy (non-hydrogen) atoms. The maximum atomic E-state index is 5.96. The van der Waals surface area contributed by atoms with Gasteiger partial charge in [0.1, 0.15) is 0 Å². The molecule has 0 atom stereocenters. The first kappa shape index (κ1) is 11.0. The molecule has 3 nitrogen and oxygen atoms in total. The van der Waals surface area contributed by atoms with E-state index in [1.54, 1.807) is 0 Å². The van der Waals surface area contributed by atoms with Crippen molar-refractivity contribution in [2.75, 3.05) is 5.73 Å². The predicted molar refractivity (Wildman–Crippen MR) is 68.2 cm³/mol. The van der Waals surface area contributed by atoms with Crippen LogP contribution in [0.2, 0.25) is 0 Å². The fourth-order valence-corrected chi connectivity index (χ4v) is 2.09. The first-order valence-corrected chi connectivity index (χ1v) is 5.97. The van der Waals surface area contributed by atoms with E-state index in [2.05, 4.69) is 29.5 Å². The van der Waals surface area contributed by atoms with Crippen molar-refractivity contribution in [3.63, 3.8) is 0 Å². The van der Waals surface area contributed by atoms with Gasteiger partial charge in [-0.25, -0.2) is 4.98 Å². The van der Waals surface area contributed by atoms with Crippen molar-refractivity contribution in [1.29, 1.82) is 0 Å². The molecule has 0 radical (unpaired) electrons. The van der Waals surface area contributed by atoms with Gasteiger partial charge >= 0.3 is 0 Å². The van der Waals surface area contributed by atoms with E-state index in [1.807, 2.05) is 18.2 Å². The highest BCUT2D eigenvalue weighted by molar-refractivity contribution is 5.78. The first-order valence-electron chi connectivity index (χ1n) is 5.97. The number of fused-ring (bicyclic) bond motifs is 1. The number of aromatic nitrogens is 2. The summed E-state index contributed by atoms with van der Waals surface area (Å²) in [6.07, 6.45) is 2.37. The highest BCUT2D eigenvalue weighted by Crippen LogP contribution is 2.21. The molecule has 0 aliphatic heterocycles. The molecule has 0 saturated carbocycles. The van der Waals surface area contributed by atoms with Gasteiger partial charge in [-0.3, -0.25) is 0 Å². The van der Waals surface area contributed by atoms with Crippen molar-refractivity contribution in [1.82, 2.24) is 9.55 Å². The van der Waals surface area contributed by atoms with Gasteiger partial charge in [0.15, 0.2) is 0 Å². The Morgan fingerprint density at radius 1 is 1.25 bits per heavy atom. The molecular weight excluding hydrogens is 198 g/mol. The summed E-state index contributed by atoms with van der Waals surface area (Å²) in [7, 11) is 0. The summed E-state index contributed by atoms with van der Waals surface area (Å²) < 4.78 is 2.13. The molecule has 2 rings (SSSR count). The number of para-hydroxylation sites is 2. The molecule has 86 valence electrons. The van der Waals surface area contributed by atoms with Crippen LogP contribution in [0.15, 0.2) is 24.3 Å². The van der Waals surface area contributed by atoms with Gasteiger partial charge in [-0.1, -0.05) is 38.8 Å². The van der Waals surface area contributed by atoms with Crippen LogP contribution < -0.4 is 5.73 Å². The Kier molecular flexibility index (Phi) is 3.13. The summed E-state index contributed by atoms with van der Waals surface area (Å²) in [5.74, 6) is 1.31. The summed E-state index contributed by atoms with van der Waals surface area (Å²) in [6.45, 7) is 5.42. The van der Waals surface area contributed by atoms with Crippen LogP contribution in [0.3, 0.4) is 0 Å². The zero-order chi connectivity index (χ0) is 11.5. The number of nitrogens with zero attached hydrogens (tertiary/aromatic N) is 2. The second-order valence-corrected chi connectivity index (χ2v) is 4.25. The lowest BCUT2D eigenvalue weighted by Crippen LogP contribution is -2.11. The van der Waals surface area contributed by atoms with E-state index in [-0.39, 0.29) is 0 Å². The Bertz CT molecular complexity index is 469. The van der Waals surface area contributed by atoms with Crippen LogP contribution in [0.5, 0.6) is 0 Å². The number of rotatable bonds is 4. The van der Waals surface area contributed by atoms with Crippen LogP contribution >= 0.6 is 0 Å². The van der Waals surface area contributed by atoms with Crippen LogP contribution in [0, 0.1) is 5.92 Å². The highest BCUT2D eigenvalue weighted by atomic mass is 15.1. The van der Waals surface area contributed by atoms with E-state index in [0.717, 1.165) is 17.6 Å². The third kappa shape index (κ3) is 1.90. The molecule has 1 aromatic carbocycles. The number of imidazole rings is 1. The Morgan fingerprint density at radius 2 is 1.94 bits per heavy atom. The van der Waals surface area contributed by atoms with Gasteiger partial charge < -0.3 is 10.3 Å². The summed E-state index contributed by atoms with van der Waals surface area (Å²) in [6, 6.07) is 8.12. The standard InChI is InChI=1S/C13H19N3/c1-3-10(4-2)9-16-12-8-6-5-7-11(12)15-13(16)14/h5-8,10H,3-4,9H2,1-2H3,(H2,14,15). The minimum absolute atomic E-state index is 0.633. The molecule has 0 fully saturated rings. The second-order valence-electron chi connectivity index (χ2n) is 4.25. The average molecular weight is 217 g/mol. The van der Waals surface area contributed by atoms with Gasteiger partial charge in [0, 0.05) is 6.54 Å². The van der Waals surface area contributed by atoms with E-state index in [4.69, 9.17) is 5.73 Å². The third-order valence-electron chi connectivity index (χ3n) is 3.28. The topological polar surface area (TPSA) is 43.8 Å². The summed E-state index contributed by atoms with van der Waals surface area (Å²) in [5, 5.41) is 0. The molecule has 0 saturated heterocycles. The molecule has 0 amide bonds. The molecule has 2 aromatic rings. The van der Waals surface area contributed by atoms with Crippen LogP contribution in [0.25, 0.3) is 11.0 Å². The predicted octanol–water partition coefficient (Wildman–Crippen LogP) is 3.05. The van der Waals surface area contributed by atoms with E-state index < -0.39 is 0 Å². The van der Waals surface area contributed by atoms with Crippen LogP contribution in [-0.2, 0) is 6.54 Å². The molecule has 1 heterocycles. The van der Waals surface area contributed by atoms with Crippen molar-refractivity contribution in [3.05, 3.63) is 24.3 Å². The second kappa shape index (κ2) is 4.56. The quantitative estimate of drug-likeness (QED) is 0.855. The Hall–Kier alpha value is -1.51. The fraction of sp³-hybridized carbons (Fsp3) is 0.462. The fourth-order valence-electron chi connectivity index (χ4n) is 2.09. The van der Waals surface area contributed by atoms with Crippen molar-refractivity contribution in [3.8, 4) is 0 Å². The van der Waals surface area contributed by atoms with Crippen molar-refractivity contribution >= 4 is 17.0 Å². The van der Waals surface area contributed by atoms with Crippen LogP contribution in [0.4, 0.5) is 5.95 Å². The normalized spacial score (nSPS) is 11.4. The van der Waals surface area contributed by atoms with Gasteiger partial charge in [-0.15, -0.1) is 0 Å². The summed E-state index contributed by atoms with van der Waals surface area (Å²) in [5.41, 5.74) is 8.10. The number of nitrogen functional groups attached to an aromatic ring is 1. The molecule has 0 unspecified atom stereocenters. The molecule has 3 heteroatoms. The monoisotopic (exact) mass is 217 g/mol. The number of hydrogen-bond acceptors (Lipinski definition) is 2. The molecule has 0 bridgehead atoms. The summed E-state index contributed by atoms with van der Waals surface area (Å²) in [4.78, 5) is 4.38. The van der Waals surface area contributed by atoms with Crippen molar-refractivity contribution in [2.24, 2.45) is 5.92 Å². The Morgan fingerprint density at radius 3 is 2.62 bits per heavy atom. The highest BCUT2D eigenvalue weighted by Gasteiger charge is 2.11. The van der Waals surface area contributed by atoms with E-state index >= 15 is 0 Å². The largest absolute Gasteiger partial charge is 0.369 e. The van der Waals surface area contributed by atoms with Crippen molar-refractivity contribution < 1.29 is 0 Å². The maximum absolute atomic E-state index is 5.96. The SMILES string of the molecule is CCC(CC)Cn1c(N)nc2ccccc21. The summed E-state index contributed by atoms with van der Waals surface area (Å²) >= 11 is 0. The van der Waals surface area contributed by atoms with Crippen molar-refractivity contribution in [2.45, 2.75) is 33.2 Å². The number of hydrogen-bond donors (Lipinski definition) is 1. The number of nitrogens with two attached hydrogens (primary N) is 1. The van der Waals surface area contributed by atoms with E-state index in [9.17, 15) is 0 Å². The maximum Gasteiger partial charge on any atom is 0.201 e. The van der Waals surface area contributed by atoms with E-state index in [0.29, 0.717) is 11.9 Å². The molecule has 1 aromatic heterocycles. The molecular formula is C13H19N3. The van der Waals surface area contributed by atoms with Crippen LogP contribution in [0.1, 0.15) is 26.7 Å². The lowest BCUT2D eigenvalue weighted by molar-refractivity contribution is 0.427. The van der Waals surface area contributed by atoms with Crippen LogP contribution in [-0.4, -0.2) is 9.55 Å². The molecule has 0 aliphatic rings. The minimum Gasteiger partial charge on any atom is -0.369 e. The third-order valence-corrected chi connectivity index (χ3v) is 3.28. The smallest absolute Gasteiger partial charge is 0.201 e. The zero-order valence-electron chi connectivity index (χ0n) is 9.98. The lowest BCUT2D eigenvalue weighted by atomic mass is 10.0. The minimum atomic E-state index is 0.633. The average Bonchev–Trinajstić information content (AvgIpc) is 2.62. The first-order chi connectivity index (χ1) is 7.76. The number of anilines is 1. The zero-order valence-corrected chi connectivity index (χ0v) is 9.98. The van der Waals surface area contributed by atoms with Gasteiger partial charge in [0.05, 0.1) is 11.0 Å². The van der Waals surface area contributed by atoms with Gasteiger partial charge in [0.2, 0.25) is 5.95 Å². The lowest BCUT2D eigenvalue weighted by Gasteiger charge is -2.14. The van der Waals surface area contributed by atoms with Gasteiger partial charge in [0.25, 0.3) is 0 Å². The Balaban J connectivity index is 2.39. The molecule has 0 spiro atoms. The Labute approximate surface area is 96.3 Å². The van der Waals surface area contributed by atoms with Gasteiger partial charge in [-0.2, -0.15) is 0 Å². The molecule has 2 N–H and O–H groups in total. The van der Waals surface area contributed by atoms with E-state index in [1.165, 1.54) is 12.8 Å². The number of benzene rings is 1. The molecule has 0 aliphatic carbocycles. The van der Waals surface area contributed by atoms with Gasteiger partial charge in [-0.05, 0) is 18.1 Å².